The number of aromatic nitrogens is 4. The molecular formula is C18H23N9OS2. The number of anilines is 3. The van der Waals surface area contributed by atoms with E-state index in [-0.39, 0.29) is 17.6 Å². The molecule has 0 aliphatic carbocycles. The molecule has 0 bridgehead atoms. The van der Waals surface area contributed by atoms with Gasteiger partial charge in [0.1, 0.15) is 0 Å². The van der Waals surface area contributed by atoms with Gasteiger partial charge in [-0.15, -0.1) is 21.5 Å². The molecule has 1 aromatic carbocycles. The third kappa shape index (κ3) is 5.70. The number of nitrogens with two attached hydrogens (primary N) is 1. The third-order valence-electron chi connectivity index (χ3n) is 4.08. The van der Waals surface area contributed by atoms with Crippen molar-refractivity contribution in [3.05, 3.63) is 41.4 Å². The second-order valence-corrected chi connectivity index (χ2v) is 7.82. The van der Waals surface area contributed by atoms with Gasteiger partial charge in [-0.2, -0.15) is 5.10 Å². The van der Waals surface area contributed by atoms with Gasteiger partial charge < -0.3 is 16.1 Å². The number of carbonyl (C=O) groups excluding carboxylic acids is 1. The molecule has 0 fully saturated rings. The van der Waals surface area contributed by atoms with Gasteiger partial charge in [0.15, 0.2) is 5.13 Å². The first-order valence-corrected chi connectivity index (χ1v) is 11.1. The molecular weight excluding hydrogens is 422 g/mol. The summed E-state index contributed by atoms with van der Waals surface area (Å²) in [6.45, 7) is 6.19. The van der Waals surface area contributed by atoms with Crippen molar-refractivity contribution in [2.45, 2.75) is 19.0 Å². The zero-order valence-electron chi connectivity index (χ0n) is 16.6. The first-order valence-electron chi connectivity index (χ1n) is 9.27. The number of benzene rings is 1. The standard InChI is InChI=1S/C18H23N9OS2/c1-3-26(4-2)14-7-5-13(6-8-14)11-21-23-16-24-25-18(27(16)19)30-12-15(28)22-17-20-9-10-29-17/h5-11H,3-4,12,19H2,1-2H3,(H,23,24)(H,20,22,28)/b21-11+. The molecule has 0 spiro atoms. The fraction of sp³-hybridized carbons (Fsp3) is 0.278. The predicted octanol–water partition coefficient (Wildman–Crippen LogP) is 2.47. The third-order valence-corrected chi connectivity index (χ3v) is 5.71. The molecule has 0 unspecified atom stereocenters. The van der Waals surface area contributed by atoms with Gasteiger partial charge in [0.05, 0.1) is 12.0 Å². The Labute approximate surface area is 182 Å². The Bertz CT molecular complexity index is 966. The Morgan fingerprint density at radius 2 is 2.07 bits per heavy atom. The van der Waals surface area contributed by atoms with Crippen LogP contribution in [0.25, 0.3) is 0 Å². The van der Waals surface area contributed by atoms with E-state index in [9.17, 15) is 4.79 Å². The number of thiazole rings is 1. The van der Waals surface area contributed by atoms with Crippen molar-refractivity contribution >= 4 is 52.0 Å². The van der Waals surface area contributed by atoms with Gasteiger partial charge in [-0.1, -0.05) is 23.9 Å². The minimum Gasteiger partial charge on any atom is -0.372 e. The molecule has 12 heteroatoms. The van der Waals surface area contributed by atoms with Crippen LogP contribution in [0.4, 0.5) is 16.8 Å². The lowest BCUT2D eigenvalue weighted by Crippen LogP contribution is -2.21. The van der Waals surface area contributed by atoms with E-state index >= 15 is 0 Å². The number of nitrogen functional groups attached to an aromatic ring is 1. The smallest absolute Gasteiger partial charge is 0.264 e. The Hall–Kier alpha value is -3.12. The number of amides is 1. The van der Waals surface area contributed by atoms with Crippen LogP contribution >= 0.6 is 23.1 Å². The first kappa shape index (κ1) is 21.6. The quantitative estimate of drug-likeness (QED) is 0.188. The number of thioether (sulfide) groups is 1. The van der Waals surface area contributed by atoms with E-state index in [1.54, 1.807) is 17.8 Å². The number of hydrogen-bond donors (Lipinski definition) is 3. The summed E-state index contributed by atoms with van der Waals surface area (Å²) < 4.78 is 1.25. The molecule has 0 aliphatic heterocycles. The van der Waals surface area contributed by atoms with Crippen LogP contribution in [0.2, 0.25) is 0 Å². The number of rotatable bonds is 10. The van der Waals surface area contributed by atoms with Crippen molar-refractivity contribution in [2.24, 2.45) is 5.10 Å². The van der Waals surface area contributed by atoms with Gasteiger partial charge in [0.2, 0.25) is 11.1 Å². The van der Waals surface area contributed by atoms with Gasteiger partial charge in [-0.25, -0.2) is 15.1 Å². The zero-order chi connectivity index (χ0) is 21.3. The van der Waals surface area contributed by atoms with Crippen molar-refractivity contribution in [3.63, 3.8) is 0 Å². The van der Waals surface area contributed by atoms with Gasteiger partial charge in [0.25, 0.3) is 5.95 Å². The van der Waals surface area contributed by atoms with Crippen LogP contribution in [-0.2, 0) is 4.79 Å². The van der Waals surface area contributed by atoms with Crippen molar-refractivity contribution < 1.29 is 4.79 Å². The number of carbonyl (C=O) groups is 1. The fourth-order valence-corrected chi connectivity index (χ4v) is 3.75. The zero-order valence-corrected chi connectivity index (χ0v) is 18.3. The molecule has 0 atom stereocenters. The highest BCUT2D eigenvalue weighted by Gasteiger charge is 2.12. The van der Waals surface area contributed by atoms with Crippen LogP contribution in [0.1, 0.15) is 19.4 Å². The van der Waals surface area contributed by atoms with E-state index in [4.69, 9.17) is 5.84 Å². The van der Waals surface area contributed by atoms with E-state index in [1.807, 2.05) is 12.1 Å². The second-order valence-electron chi connectivity index (χ2n) is 5.98. The highest BCUT2D eigenvalue weighted by atomic mass is 32.2. The maximum atomic E-state index is 11.9. The van der Waals surface area contributed by atoms with Gasteiger partial charge in [-0.3, -0.25) is 4.79 Å². The lowest BCUT2D eigenvalue weighted by molar-refractivity contribution is -0.113. The van der Waals surface area contributed by atoms with Crippen LogP contribution in [0.5, 0.6) is 0 Å². The van der Waals surface area contributed by atoms with Crippen LogP contribution in [0.3, 0.4) is 0 Å². The molecule has 0 saturated heterocycles. The summed E-state index contributed by atoms with van der Waals surface area (Å²) in [6.07, 6.45) is 3.30. The van der Waals surface area contributed by atoms with Crippen LogP contribution in [0, 0.1) is 0 Å². The number of nitrogens with zero attached hydrogens (tertiary/aromatic N) is 6. The molecule has 10 nitrogen and oxygen atoms in total. The van der Waals surface area contributed by atoms with Crippen molar-refractivity contribution in [1.29, 1.82) is 0 Å². The monoisotopic (exact) mass is 445 g/mol. The van der Waals surface area contributed by atoms with Crippen molar-refractivity contribution in [2.75, 3.05) is 40.3 Å². The normalized spacial score (nSPS) is 11.0. The van der Waals surface area contributed by atoms with E-state index < -0.39 is 0 Å². The average molecular weight is 446 g/mol. The SMILES string of the molecule is CCN(CC)c1ccc(/C=N/Nc2nnc(SCC(=O)Nc3nccs3)n2N)cc1. The van der Waals surface area contributed by atoms with Gasteiger partial charge in [-0.05, 0) is 31.5 Å². The summed E-state index contributed by atoms with van der Waals surface area (Å²) in [6, 6.07) is 8.11. The average Bonchev–Trinajstić information content (AvgIpc) is 3.39. The molecule has 3 rings (SSSR count). The van der Waals surface area contributed by atoms with E-state index in [1.165, 1.54) is 33.5 Å². The maximum Gasteiger partial charge on any atom is 0.264 e. The molecule has 0 aliphatic rings. The molecule has 30 heavy (non-hydrogen) atoms. The Morgan fingerprint density at radius 3 is 2.73 bits per heavy atom. The summed E-state index contributed by atoms with van der Waals surface area (Å²) in [5, 5.41) is 17.5. The summed E-state index contributed by atoms with van der Waals surface area (Å²) in [5.41, 5.74) is 4.88. The van der Waals surface area contributed by atoms with E-state index in [2.05, 4.69) is 61.9 Å². The highest BCUT2D eigenvalue weighted by molar-refractivity contribution is 7.99. The molecule has 0 saturated carbocycles. The first-order chi connectivity index (χ1) is 14.6. The fourth-order valence-electron chi connectivity index (χ4n) is 2.55. The number of nitrogens with one attached hydrogen (secondary N) is 2. The van der Waals surface area contributed by atoms with Crippen molar-refractivity contribution in [1.82, 2.24) is 19.9 Å². The Balaban J connectivity index is 1.51. The minimum absolute atomic E-state index is 0.136. The Morgan fingerprint density at radius 1 is 1.30 bits per heavy atom. The van der Waals surface area contributed by atoms with E-state index in [0.29, 0.717) is 10.3 Å². The predicted molar refractivity (Wildman–Crippen MR) is 123 cm³/mol. The molecule has 0 radical (unpaired) electrons. The number of hydrogen-bond acceptors (Lipinski definition) is 10. The van der Waals surface area contributed by atoms with E-state index in [0.717, 1.165) is 18.7 Å². The van der Waals surface area contributed by atoms with Crippen molar-refractivity contribution in [3.8, 4) is 0 Å². The molecule has 4 N–H and O–H groups in total. The lowest BCUT2D eigenvalue weighted by atomic mass is 10.2. The Kier molecular flexibility index (Phi) is 7.63. The molecule has 3 aromatic rings. The summed E-state index contributed by atoms with van der Waals surface area (Å²) in [4.78, 5) is 18.2. The summed E-state index contributed by atoms with van der Waals surface area (Å²) in [5.74, 6) is 6.19. The summed E-state index contributed by atoms with van der Waals surface area (Å²) in [7, 11) is 0. The second kappa shape index (κ2) is 10.6. The largest absolute Gasteiger partial charge is 0.372 e. The molecule has 2 heterocycles. The van der Waals surface area contributed by atoms with Gasteiger partial charge >= 0.3 is 0 Å². The molecule has 158 valence electrons. The van der Waals surface area contributed by atoms with Crippen LogP contribution in [0.15, 0.2) is 46.1 Å². The van der Waals surface area contributed by atoms with Gasteiger partial charge in [0, 0.05) is 30.4 Å². The maximum absolute atomic E-state index is 11.9. The topological polar surface area (TPSA) is 126 Å². The molecule has 2 aromatic heterocycles. The minimum atomic E-state index is -0.196. The van der Waals surface area contributed by atoms with Crippen LogP contribution in [-0.4, -0.2) is 50.8 Å². The number of hydrazone groups is 1. The van der Waals surface area contributed by atoms with Crippen LogP contribution < -0.4 is 21.5 Å². The highest BCUT2D eigenvalue weighted by Crippen LogP contribution is 2.18. The summed E-state index contributed by atoms with van der Waals surface area (Å²) >= 11 is 2.52. The molecule has 1 amide bonds. The lowest BCUT2D eigenvalue weighted by Gasteiger charge is -2.20.